The summed E-state index contributed by atoms with van der Waals surface area (Å²) in [6, 6.07) is 27.6. The van der Waals surface area contributed by atoms with Crippen molar-refractivity contribution in [2.24, 2.45) is 0 Å². The minimum atomic E-state index is 0. The monoisotopic (exact) mass is 606 g/mol. The third-order valence-electron chi connectivity index (χ3n) is 4.96. The Hall–Kier alpha value is -0.347. The summed E-state index contributed by atoms with van der Waals surface area (Å²) in [5, 5.41) is 0. The first-order valence-electron chi connectivity index (χ1n) is 8.84. The zero-order chi connectivity index (χ0) is 19.5. The molecule has 3 aliphatic rings. The molecule has 1 aliphatic heterocycles. The van der Waals surface area contributed by atoms with Crippen molar-refractivity contribution in [1.82, 2.24) is 0 Å². The van der Waals surface area contributed by atoms with Gasteiger partial charge in [-0.1, -0.05) is 62.5 Å². The maximum Gasteiger partial charge on any atom is -0.0253 e. The van der Waals surface area contributed by atoms with Crippen LogP contribution in [0.2, 0.25) is 0 Å². The van der Waals surface area contributed by atoms with E-state index >= 15 is 0 Å². The molecule has 2 aliphatic carbocycles. The molecule has 0 nitrogen and oxygen atoms in total. The number of fused-ring (bicyclic) bond motifs is 6. The van der Waals surface area contributed by atoms with Crippen LogP contribution in [0.5, 0.6) is 0 Å². The molecule has 0 radical (unpaired) electrons. The van der Waals surface area contributed by atoms with Crippen LogP contribution in [-0.2, 0) is 29.1 Å². The number of hydrogen-bond donors (Lipinski definition) is 0. The van der Waals surface area contributed by atoms with Crippen LogP contribution in [0.3, 0.4) is 0 Å². The van der Waals surface area contributed by atoms with Crippen molar-refractivity contribution < 1.29 is 47.5 Å². The third-order valence-corrected chi connectivity index (χ3v) is 6.95. The fourth-order valence-electron chi connectivity index (χ4n) is 3.76. The van der Waals surface area contributed by atoms with Gasteiger partial charge in [-0.2, -0.15) is 29.8 Å². The van der Waals surface area contributed by atoms with E-state index in [1.54, 1.807) is 0 Å². The summed E-state index contributed by atoms with van der Waals surface area (Å²) in [7, 11) is 4.17. The molecule has 150 valence electrons. The number of thioether (sulfide) groups is 1. The first-order chi connectivity index (χ1) is 13.8. The average molecular weight is 610 g/mol. The summed E-state index contributed by atoms with van der Waals surface area (Å²) in [5.41, 5.74) is 10.9. The summed E-state index contributed by atoms with van der Waals surface area (Å²) >= 11 is 6.59. The second-order valence-corrected chi connectivity index (χ2v) is 8.81. The molecule has 0 N–H and O–H groups in total. The Morgan fingerprint density at radius 1 is 0.900 bits per heavy atom. The summed E-state index contributed by atoms with van der Waals surface area (Å²) in [4.78, 5) is 0. The molecule has 6 heteroatoms. The Bertz CT molecular complexity index is 1070. The van der Waals surface area contributed by atoms with Gasteiger partial charge in [-0.25, -0.2) is 0 Å². The van der Waals surface area contributed by atoms with Crippen LogP contribution in [0.1, 0.15) is 22.3 Å². The SMILES string of the molecule is BrC1=C2C(=Cc3ccc[c-]c32)CS1.[Cl-].[Cl-].[S]=[Zr+2].[c-]1cccc2c1Cc1ccccc1-2. The largest absolute Gasteiger partial charge is 0.179 e. The van der Waals surface area contributed by atoms with Crippen LogP contribution in [0.4, 0.5) is 0 Å². The van der Waals surface area contributed by atoms with Gasteiger partial charge in [-0.05, 0) is 6.42 Å². The van der Waals surface area contributed by atoms with Crippen molar-refractivity contribution >= 4 is 48.2 Å². The molecule has 0 fully saturated rings. The van der Waals surface area contributed by atoms with Crippen molar-refractivity contribution in [2.45, 2.75) is 6.42 Å². The number of benzene rings is 3. The number of halogens is 3. The van der Waals surface area contributed by atoms with Crippen LogP contribution >= 0.6 is 36.5 Å². The first kappa shape index (κ1) is 25.9. The second-order valence-electron chi connectivity index (χ2n) is 6.50. The van der Waals surface area contributed by atoms with Crippen molar-refractivity contribution in [3.63, 3.8) is 0 Å². The van der Waals surface area contributed by atoms with E-state index in [0.29, 0.717) is 0 Å². The van der Waals surface area contributed by atoms with Crippen molar-refractivity contribution in [3.8, 4) is 11.1 Å². The predicted octanol–water partition coefficient (Wildman–Crippen LogP) is 1.41. The topological polar surface area (TPSA) is 0 Å². The number of hydrogen-bond acceptors (Lipinski definition) is 2. The van der Waals surface area contributed by atoms with Gasteiger partial charge in [0.15, 0.2) is 0 Å². The van der Waals surface area contributed by atoms with Crippen LogP contribution < -0.4 is 24.8 Å². The molecule has 0 aromatic heterocycles. The predicted molar refractivity (Wildman–Crippen MR) is 123 cm³/mol. The molecule has 0 bridgehead atoms. The molecule has 3 aromatic carbocycles. The molecule has 0 amide bonds. The zero-order valence-electron chi connectivity index (χ0n) is 15.7. The van der Waals surface area contributed by atoms with E-state index in [9.17, 15) is 0 Å². The second kappa shape index (κ2) is 12.0. The van der Waals surface area contributed by atoms with E-state index < -0.39 is 0 Å². The smallest absolute Gasteiger partial charge is 0.0253 e. The minimum absolute atomic E-state index is 0. The fraction of sp³-hybridized carbons (Fsp3) is 0.0833. The van der Waals surface area contributed by atoms with Gasteiger partial charge in [0.25, 0.3) is 0 Å². The van der Waals surface area contributed by atoms with Gasteiger partial charge in [0.2, 0.25) is 0 Å². The maximum atomic E-state index is 4.17. The summed E-state index contributed by atoms with van der Waals surface area (Å²) in [6.45, 7) is 0. The van der Waals surface area contributed by atoms with Gasteiger partial charge >= 0.3 is 31.5 Å². The van der Waals surface area contributed by atoms with Gasteiger partial charge in [0, 0.05) is 9.57 Å². The Morgan fingerprint density at radius 3 is 2.43 bits per heavy atom. The molecule has 0 spiro atoms. The third kappa shape index (κ3) is 5.17. The number of allylic oxidation sites excluding steroid dienone is 1. The van der Waals surface area contributed by atoms with E-state index in [0.717, 1.165) is 34.9 Å². The Balaban J connectivity index is 0.000000186. The molecule has 30 heavy (non-hydrogen) atoms. The zero-order valence-corrected chi connectivity index (χ0v) is 22.9. The molecule has 1 heterocycles. The van der Waals surface area contributed by atoms with Gasteiger partial charge in [-0.15, -0.1) is 58.8 Å². The van der Waals surface area contributed by atoms with E-state index in [-0.39, 0.29) is 24.8 Å². The quantitative estimate of drug-likeness (QED) is 0.277. The van der Waals surface area contributed by atoms with Crippen LogP contribution in [0, 0.1) is 12.1 Å². The van der Waals surface area contributed by atoms with E-state index in [1.165, 1.54) is 48.3 Å². The summed E-state index contributed by atoms with van der Waals surface area (Å²) in [5.74, 6) is 1.10. The maximum absolute atomic E-state index is 4.17. The van der Waals surface area contributed by atoms with Crippen LogP contribution in [0.15, 0.2) is 70.1 Å². The van der Waals surface area contributed by atoms with E-state index in [4.69, 9.17) is 0 Å². The Labute approximate surface area is 221 Å². The summed E-state index contributed by atoms with van der Waals surface area (Å²) in [6.07, 6.45) is 3.31. The molecule has 0 saturated heterocycles. The fourth-order valence-corrected chi connectivity index (χ4v) is 5.44. The van der Waals surface area contributed by atoms with Gasteiger partial charge in [0.1, 0.15) is 0 Å². The molecule has 0 atom stereocenters. The van der Waals surface area contributed by atoms with Gasteiger partial charge < -0.3 is 24.8 Å². The van der Waals surface area contributed by atoms with Gasteiger partial charge in [0.05, 0.1) is 0 Å². The van der Waals surface area contributed by atoms with E-state index in [1.807, 2.05) is 30.0 Å². The Morgan fingerprint density at radius 2 is 1.60 bits per heavy atom. The molecule has 3 aromatic rings. The van der Waals surface area contributed by atoms with Crippen molar-refractivity contribution in [3.05, 3.63) is 104 Å². The van der Waals surface area contributed by atoms with Crippen LogP contribution in [-0.4, -0.2) is 5.75 Å². The number of rotatable bonds is 0. The van der Waals surface area contributed by atoms with Gasteiger partial charge in [-0.3, -0.25) is 0 Å². The molecular formula is C24H15BrCl2S2Zr-2. The molecule has 6 rings (SSSR count). The van der Waals surface area contributed by atoms with Crippen molar-refractivity contribution in [2.75, 3.05) is 5.75 Å². The summed E-state index contributed by atoms with van der Waals surface area (Å²) < 4.78 is 1.26. The minimum Gasteiger partial charge on any atom is -0.179 e. The van der Waals surface area contributed by atoms with Crippen LogP contribution in [0.25, 0.3) is 22.8 Å². The van der Waals surface area contributed by atoms with Crippen molar-refractivity contribution in [1.29, 1.82) is 0 Å². The average Bonchev–Trinajstić information content (AvgIpc) is 3.42. The first-order valence-corrected chi connectivity index (χ1v) is 14.0. The molecular weight excluding hydrogens is 594 g/mol. The normalized spacial score (nSPS) is 13.6. The standard InChI is InChI=1S/C13H9.C11H6BrS.2ClH.S.Zr/c1-3-7-12-10(5-1)9-11-6-2-4-8-13(11)12;12-11-10-8(6-13-11)5-7-3-1-2-4-9(7)10;;;;/h1-5,7-8H,9H2;1-3,5H,6H2;2*1H;;/q2*-1;;;;+2/p-2. The van der Waals surface area contributed by atoms with E-state index in [2.05, 4.69) is 85.5 Å². The molecule has 0 unspecified atom stereocenters. The Kier molecular flexibility index (Phi) is 10.4. The molecule has 0 saturated carbocycles.